The number of aromatic nitrogens is 3. The highest BCUT2D eigenvalue weighted by Crippen LogP contribution is 2.33. The largest absolute Gasteiger partial charge is 0.357 e. The molecule has 3 heterocycles. The molecule has 5 rings (SSSR count). The molecule has 0 spiro atoms. The van der Waals surface area contributed by atoms with Crippen LogP contribution in [0.1, 0.15) is 24.2 Å². The predicted octanol–water partition coefficient (Wildman–Crippen LogP) is 3.43. The van der Waals surface area contributed by atoms with E-state index in [4.69, 9.17) is 0 Å². The fraction of sp³-hybridized carbons (Fsp3) is 0.286. The third-order valence-electron chi connectivity index (χ3n) is 5.75. The first-order valence-corrected chi connectivity index (χ1v) is 9.23. The van der Waals surface area contributed by atoms with Gasteiger partial charge in [0.05, 0.1) is 11.0 Å². The van der Waals surface area contributed by atoms with E-state index < -0.39 is 0 Å². The molecule has 1 atom stereocenters. The standard InChI is InChI=1S/C21H22N4O/c1-14-20-16(15-6-2-3-7-17(15)22-20)10-11-24(14)12-13-25-19-9-5-4-8-18(19)23-21(25)26/h2-9,14,22H,10-13H2,1H3,(H,23,26). The fourth-order valence-corrected chi connectivity index (χ4v) is 4.34. The Labute approximate surface area is 151 Å². The van der Waals surface area contributed by atoms with Crippen molar-refractivity contribution in [1.29, 1.82) is 0 Å². The Morgan fingerprint density at radius 3 is 2.65 bits per heavy atom. The van der Waals surface area contributed by atoms with E-state index in [1.54, 1.807) is 0 Å². The molecule has 132 valence electrons. The first-order chi connectivity index (χ1) is 12.7. The monoisotopic (exact) mass is 346 g/mol. The Morgan fingerprint density at radius 2 is 1.77 bits per heavy atom. The number of benzene rings is 2. The van der Waals surface area contributed by atoms with Gasteiger partial charge in [0, 0.05) is 42.3 Å². The van der Waals surface area contributed by atoms with Crippen LogP contribution < -0.4 is 5.69 Å². The van der Waals surface area contributed by atoms with E-state index in [1.807, 2.05) is 28.8 Å². The van der Waals surface area contributed by atoms with E-state index in [2.05, 4.69) is 46.1 Å². The maximum absolute atomic E-state index is 12.3. The molecule has 0 amide bonds. The number of fused-ring (bicyclic) bond motifs is 4. The minimum atomic E-state index is -0.0258. The summed E-state index contributed by atoms with van der Waals surface area (Å²) >= 11 is 0. The van der Waals surface area contributed by atoms with Crippen molar-refractivity contribution in [2.75, 3.05) is 13.1 Å². The number of aromatic amines is 2. The van der Waals surface area contributed by atoms with Gasteiger partial charge in [-0.05, 0) is 37.1 Å². The van der Waals surface area contributed by atoms with Crippen LogP contribution in [-0.4, -0.2) is 32.5 Å². The molecule has 1 aliphatic rings. The van der Waals surface area contributed by atoms with Gasteiger partial charge in [-0.2, -0.15) is 0 Å². The van der Waals surface area contributed by atoms with Crippen LogP contribution in [0.3, 0.4) is 0 Å². The van der Waals surface area contributed by atoms with E-state index in [-0.39, 0.29) is 5.69 Å². The highest BCUT2D eigenvalue weighted by molar-refractivity contribution is 5.85. The van der Waals surface area contributed by atoms with Gasteiger partial charge in [0.25, 0.3) is 0 Å². The SMILES string of the molecule is CC1c2[nH]c3ccccc3c2CCN1CCn1c(=O)[nH]c2ccccc21. The van der Waals surface area contributed by atoms with Crippen molar-refractivity contribution < 1.29 is 0 Å². The summed E-state index contributed by atoms with van der Waals surface area (Å²) < 4.78 is 1.85. The molecule has 0 aliphatic carbocycles. The molecule has 2 aromatic carbocycles. The van der Waals surface area contributed by atoms with Crippen molar-refractivity contribution in [3.63, 3.8) is 0 Å². The van der Waals surface area contributed by atoms with E-state index in [0.717, 1.165) is 30.5 Å². The second-order valence-electron chi connectivity index (χ2n) is 7.12. The Balaban J connectivity index is 1.41. The molecule has 4 aromatic rings. The van der Waals surface area contributed by atoms with E-state index in [0.29, 0.717) is 12.6 Å². The van der Waals surface area contributed by atoms with Gasteiger partial charge in [0.1, 0.15) is 0 Å². The minimum Gasteiger partial charge on any atom is -0.357 e. The first-order valence-electron chi connectivity index (χ1n) is 9.23. The second-order valence-corrected chi connectivity index (χ2v) is 7.12. The summed E-state index contributed by atoms with van der Waals surface area (Å²) in [6, 6.07) is 16.8. The zero-order valence-corrected chi connectivity index (χ0v) is 14.8. The van der Waals surface area contributed by atoms with Gasteiger partial charge in [0.15, 0.2) is 0 Å². The Hall–Kier alpha value is -2.79. The maximum atomic E-state index is 12.3. The zero-order chi connectivity index (χ0) is 17.7. The molecule has 2 N–H and O–H groups in total. The fourth-order valence-electron chi connectivity index (χ4n) is 4.34. The van der Waals surface area contributed by atoms with Crippen molar-refractivity contribution in [2.24, 2.45) is 0 Å². The van der Waals surface area contributed by atoms with Crippen molar-refractivity contribution in [3.8, 4) is 0 Å². The molecule has 0 fully saturated rings. The van der Waals surface area contributed by atoms with E-state index in [9.17, 15) is 4.79 Å². The molecule has 0 saturated carbocycles. The van der Waals surface area contributed by atoms with E-state index in [1.165, 1.54) is 22.2 Å². The summed E-state index contributed by atoms with van der Waals surface area (Å²) in [5.74, 6) is 0. The third kappa shape index (κ3) is 2.31. The molecule has 0 saturated heterocycles. The van der Waals surface area contributed by atoms with Gasteiger partial charge in [-0.1, -0.05) is 30.3 Å². The normalized spacial score (nSPS) is 17.8. The average Bonchev–Trinajstić information content (AvgIpc) is 3.19. The molecular weight excluding hydrogens is 324 g/mol. The number of para-hydroxylation sites is 3. The molecule has 0 bridgehead atoms. The van der Waals surface area contributed by atoms with Gasteiger partial charge in [-0.15, -0.1) is 0 Å². The van der Waals surface area contributed by atoms with Crippen LogP contribution in [0.15, 0.2) is 53.3 Å². The summed E-state index contributed by atoms with van der Waals surface area (Å²) in [5, 5.41) is 1.35. The topological polar surface area (TPSA) is 56.8 Å². The second kappa shape index (κ2) is 5.88. The number of hydrogen-bond donors (Lipinski definition) is 2. The predicted molar refractivity (Wildman–Crippen MR) is 105 cm³/mol. The molecule has 1 unspecified atom stereocenters. The quantitative estimate of drug-likeness (QED) is 0.597. The highest BCUT2D eigenvalue weighted by Gasteiger charge is 2.27. The van der Waals surface area contributed by atoms with Crippen LogP contribution in [0.25, 0.3) is 21.9 Å². The highest BCUT2D eigenvalue weighted by atomic mass is 16.1. The van der Waals surface area contributed by atoms with Crippen molar-refractivity contribution in [3.05, 3.63) is 70.3 Å². The molecule has 1 aliphatic heterocycles. The van der Waals surface area contributed by atoms with Gasteiger partial charge in [-0.3, -0.25) is 9.47 Å². The molecular formula is C21H22N4O. The summed E-state index contributed by atoms with van der Waals surface area (Å²) in [6.45, 7) is 4.83. The molecule has 5 heteroatoms. The molecule has 0 radical (unpaired) electrons. The van der Waals surface area contributed by atoms with Crippen LogP contribution in [0, 0.1) is 0 Å². The Bertz CT molecular complexity index is 1150. The lowest BCUT2D eigenvalue weighted by Gasteiger charge is -2.33. The van der Waals surface area contributed by atoms with Crippen LogP contribution in [0.5, 0.6) is 0 Å². The average molecular weight is 346 g/mol. The summed E-state index contributed by atoms with van der Waals surface area (Å²) in [6.07, 6.45) is 1.05. The lowest BCUT2D eigenvalue weighted by Crippen LogP contribution is -2.37. The lowest BCUT2D eigenvalue weighted by atomic mass is 9.98. The number of imidazole rings is 1. The van der Waals surface area contributed by atoms with Crippen LogP contribution in [0.4, 0.5) is 0 Å². The molecule has 5 nitrogen and oxygen atoms in total. The summed E-state index contributed by atoms with van der Waals surface area (Å²) in [4.78, 5) is 21.3. The van der Waals surface area contributed by atoms with Gasteiger partial charge >= 0.3 is 5.69 Å². The van der Waals surface area contributed by atoms with Crippen LogP contribution in [-0.2, 0) is 13.0 Å². The third-order valence-corrected chi connectivity index (χ3v) is 5.75. The first kappa shape index (κ1) is 15.5. The maximum Gasteiger partial charge on any atom is 0.326 e. The number of hydrogen-bond acceptors (Lipinski definition) is 2. The Morgan fingerprint density at radius 1 is 1.00 bits per heavy atom. The number of nitrogens with one attached hydrogen (secondary N) is 2. The van der Waals surface area contributed by atoms with Gasteiger partial charge in [0.2, 0.25) is 0 Å². The number of nitrogens with zero attached hydrogens (tertiary/aromatic N) is 2. The van der Waals surface area contributed by atoms with Crippen molar-refractivity contribution in [1.82, 2.24) is 19.4 Å². The van der Waals surface area contributed by atoms with Gasteiger partial charge < -0.3 is 9.97 Å². The summed E-state index contributed by atoms with van der Waals surface area (Å²) in [5.41, 5.74) is 5.86. The van der Waals surface area contributed by atoms with Crippen LogP contribution in [0.2, 0.25) is 0 Å². The number of H-pyrrole nitrogens is 2. The Kier molecular flexibility index (Phi) is 3.50. The smallest absolute Gasteiger partial charge is 0.326 e. The zero-order valence-electron chi connectivity index (χ0n) is 14.8. The molecule has 26 heavy (non-hydrogen) atoms. The lowest BCUT2D eigenvalue weighted by molar-refractivity contribution is 0.188. The van der Waals surface area contributed by atoms with Crippen molar-refractivity contribution in [2.45, 2.75) is 25.9 Å². The molecule has 2 aromatic heterocycles. The van der Waals surface area contributed by atoms with Crippen molar-refractivity contribution >= 4 is 21.9 Å². The minimum absolute atomic E-state index is 0.0258. The number of rotatable bonds is 3. The van der Waals surface area contributed by atoms with Crippen LogP contribution >= 0.6 is 0 Å². The summed E-state index contributed by atoms with van der Waals surface area (Å²) in [7, 11) is 0. The van der Waals surface area contributed by atoms with E-state index >= 15 is 0 Å². The van der Waals surface area contributed by atoms with Gasteiger partial charge in [-0.25, -0.2) is 4.79 Å².